The highest BCUT2D eigenvalue weighted by Gasteiger charge is 2.23. The van der Waals surface area contributed by atoms with Crippen molar-refractivity contribution in [1.29, 1.82) is 0 Å². The number of benzene rings is 1. The molecule has 2 aliphatic heterocycles. The maximum Gasteiger partial charge on any atom is 0.305 e. The molecule has 29 heavy (non-hydrogen) atoms. The van der Waals surface area contributed by atoms with Crippen molar-refractivity contribution in [3.05, 3.63) is 34.9 Å². The van der Waals surface area contributed by atoms with E-state index < -0.39 is 5.97 Å². The third-order valence-corrected chi connectivity index (χ3v) is 7.12. The minimum absolute atomic E-state index is 0.0365. The van der Waals surface area contributed by atoms with Crippen LogP contribution in [-0.4, -0.2) is 76.2 Å². The molecule has 158 valence electrons. The summed E-state index contributed by atoms with van der Waals surface area (Å²) in [6, 6.07) is 7.64. The zero-order valence-electron chi connectivity index (χ0n) is 15.9. The van der Waals surface area contributed by atoms with Gasteiger partial charge in [-0.15, -0.1) is 0 Å². The summed E-state index contributed by atoms with van der Waals surface area (Å²) < 4.78 is 6.56. The van der Waals surface area contributed by atoms with Crippen LogP contribution in [0.1, 0.15) is 12.0 Å². The van der Waals surface area contributed by atoms with Crippen molar-refractivity contribution in [3.8, 4) is 0 Å². The zero-order valence-corrected chi connectivity index (χ0v) is 18.3. The Kier molecular flexibility index (Phi) is 8.68. The molecule has 2 heterocycles. The molecule has 2 N–H and O–H groups in total. The Bertz CT molecular complexity index is 747. The lowest BCUT2D eigenvalue weighted by Gasteiger charge is -2.33. The summed E-state index contributed by atoms with van der Waals surface area (Å²) >= 11 is 8.81. The summed E-state index contributed by atoms with van der Waals surface area (Å²) in [5.74, 6) is 0.0157. The number of amides is 1. The highest BCUT2D eigenvalue weighted by atomic mass is 35.5. The molecule has 1 saturated heterocycles. The molecule has 7 nitrogen and oxygen atoms in total. The summed E-state index contributed by atoms with van der Waals surface area (Å²) in [5, 5.41) is 12.5. The molecule has 1 aromatic rings. The van der Waals surface area contributed by atoms with Gasteiger partial charge >= 0.3 is 5.97 Å². The average molecular weight is 458 g/mol. The molecule has 10 heteroatoms. The van der Waals surface area contributed by atoms with E-state index in [4.69, 9.17) is 21.4 Å². The van der Waals surface area contributed by atoms with Crippen LogP contribution in [0.3, 0.4) is 0 Å². The lowest BCUT2D eigenvalue weighted by molar-refractivity contribution is -0.137. The molecule has 0 aromatic heterocycles. The molecule has 0 radical (unpaired) electrons. The average Bonchev–Trinajstić information content (AvgIpc) is 3.13. The first kappa shape index (κ1) is 22.4. The fourth-order valence-electron chi connectivity index (χ4n) is 3.08. The van der Waals surface area contributed by atoms with E-state index in [0.29, 0.717) is 18.9 Å². The fraction of sp³-hybridized carbons (Fsp3) is 0.526. The van der Waals surface area contributed by atoms with Crippen LogP contribution in [0.2, 0.25) is 5.02 Å². The number of aliphatic imine (C=N–C) groups is 1. The van der Waals surface area contributed by atoms with E-state index in [9.17, 15) is 9.59 Å². The van der Waals surface area contributed by atoms with Crippen LogP contribution in [-0.2, 0) is 20.9 Å². The SMILES string of the molecule is O=C(O)CC1CSC(SCC(=O)NC[C@H]2CN(Cc3ccc(Cl)cc3)CCO2)=N1. The normalized spacial score (nSPS) is 22.3. The lowest BCUT2D eigenvalue weighted by Crippen LogP contribution is -2.47. The largest absolute Gasteiger partial charge is 0.481 e. The van der Waals surface area contributed by atoms with Crippen LogP contribution >= 0.6 is 35.1 Å². The standard InChI is InChI=1S/C19H24ClN3O4S2/c20-14-3-1-13(2-4-14)9-23-5-6-27-16(10-23)8-21-17(24)12-29-19-22-15(11-28-19)7-18(25)26/h1-4,15-16H,5-12H2,(H,21,24)(H,25,26)/t15?,16-/m0/s1. The second kappa shape index (κ2) is 11.2. The monoisotopic (exact) mass is 457 g/mol. The predicted molar refractivity (Wildman–Crippen MR) is 118 cm³/mol. The molecule has 0 aliphatic carbocycles. The highest BCUT2D eigenvalue weighted by Crippen LogP contribution is 2.27. The van der Waals surface area contributed by atoms with Gasteiger partial charge in [-0.1, -0.05) is 47.3 Å². The number of thioether (sulfide) groups is 2. The molecule has 1 unspecified atom stereocenters. The van der Waals surface area contributed by atoms with Gasteiger partial charge in [0.05, 0.1) is 30.9 Å². The van der Waals surface area contributed by atoms with Gasteiger partial charge in [0.2, 0.25) is 5.91 Å². The third kappa shape index (κ3) is 7.82. The molecule has 2 aliphatic rings. The van der Waals surface area contributed by atoms with Gasteiger partial charge in [-0.05, 0) is 17.7 Å². The van der Waals surface area contributed by atoms with Gasteiger partial charge in [0.25, 0.3) is 0 Å². The van der Waals surface area contributed by atoms with E-state index in [2.05, 4.69) is 15.2 Å². The first-order valence-corrected chi connectivity index (χ1v) is 11.7. The second-order valence-electron chi connectivity index (χ2n) is 6.90. The Morgan fingerprint density at radius 1 is 1.38 bits per heavy atom. The number of nitrogens with zero attached hydrogens (tertiary/aromatic N) is 2. The van der Waals surface area contributed by atoms with Crippen molar-refractivity contribution in [3.63, 3.8) is 0 Å². The maximum absolute atomic E-state index is 12.1. The predicted octanol–water partition coefficient (Wildman–Crippen LogP) is 2.34. The quantitative estimate of drug-likeness (QED) is 0.619. The number of ether oxygens (including phenoxy) is 1. The Labute approximate surface area is 183 Å². The van der Waals surface area contributed by atoms with Gasteiger partial charge in [-0.2, -0.15) is 0 Å². The molecule has 0 bridgehead atoms. The van der Waals surface area contributed by atoms with Gasteiger partial charge in [-0.3, -0.25) is 19.5 Å². The second-order valence-corrected chi connectivity index (χ2v) is 9.57. The molecule has 1 fully saturated rings. The topological polar surface area (TPSA) is 91.2 Å². The molecular weight excluding hydrogens is 434 g/mol. The molecule has 0 saturated carbocycles. The molecular formula is C19H24ClN3O4S2. The number of nitrogens with one attached hydrogen (secondary N) is 1. The Morgan fingerprint density at radius 3 is 2.93 bits per heavy atom. The molecule has 2 atom stereocenters. The minimum Gasteiger partial charge on any atom is -0.481 e. The number of carbonyl (C=O) groups excluding carboxylic acids is 1. The highest BCUT2D eigenvalue weighted by molar-refractivity contribution is 8.39. The van der Waals surface area contributed by atoms with Crippen molar-refractivity contribution in [1.82, 2.24) is 10.2 Å². The van der Waals surface area contributed by atoms with Crippen molar-refractivity contribution in [2.75, 3.05) is 37.7 Å². The molecule has 1 aromatic carbocycles. The van der Waals surface area contributed by atoms with Gasteiger partial charge in [-0.25, -0.2) is 0 Å². The van der Waals surface area contributed by atoms with Gasteiger partial charge < -0.3 is 15.2 Å². The number of carboxylic acids is 1. The van der Waals surface area contributed by atoms with E-state index in [-0.39, 0.29) is 30.2 Å². The Balaban J connectivity index is 1.35. The Morgan fingerprint density at radius 2 is 2.17 bits per heavy atom. The van der Waals surface area contributed by atoms with Crippen LogP contribution in [0.5, 0.6) is 0 Å². The first-order valence-electron chi connectivity index (χ1n) is 9.38. The van der Waals surface area contributed by atoms with E-state index in [1.807, 2.05) is 24.3 Å². The number of aliphatic carboxylic acids is 1. The van der Waals surface area contributed by atoms with Crippen molar-refractivity contribution >= 4 is 51.4 Å². The van der Waals surface area contributed by atoms with Crippen LogP contribution in [0, 0.1) is 0 Å². The molecule has 3 rings (SSSR count). The van der Waals surface area contributed by atoms with Crippen LogP contribution in [0.15, 0.2) is 29.3 Å². The summed E-state index contributed by atoms with van der Waals surface area (Å²) in [4.78, 5) is 29.5. The van der Waals surface area contributed by atoms with Crippen molar-refractivity contribution in [2.45, 2.75) is 25.1 Å². The number of halogens is 1. The van der Waals surface area contributed by atoms with Crippen molar-refractivity contribution < 1.29 is 19.4 Å². The van der Waals surface area contributed by atoms with E-state index in [1.54, 1.807) is 0 Å². The number of morpholine rings is 1. The smallest absolute Gasteiger partial charge is 0.305 e. The minimum atomic E-state index is -0.846. The third-order valence-electron chi connectivity index (χ3n) is 4.49. The Hall–Kier alpha value is -1.26. The van der Waals surface area contributed by atoms with Crippen molar-refractivity contribution in [2.24, 2.45) is 4.99 Å². The van der Waals surface area contributed by atoms with Gasteiger partial charge in [0.1, 0.15) is 4.38 Å². The number of hydrogen-bond acceptors (Lipinski definition) is 7. The fourth-order valence-corrected chi connectivity index (χ4v) is 5.25. The van der Waals surface area contributed by atoms with Crippen LogP contribution in [0.25, 0.3) is 0 Å². The van der Waals surface area contributed by atoms with E-state index in [0.717, 1.165) is 29.0 Å². The number of carboxylic acid groups (broad SMARTS) is 1. The molecule has 1 amide bonds. The maximum atomic E-state index is 12.1. The lowest BCUT2D eigenvalue weighted by atomic mass is 10.2. The summed E-state index contributed by atoms with van der Waals surface area (Å²) in [5.41, 5.74) is 1.20. The number of rotatable bonds is 8. The van der Waals surface area contributed by atoms with Crippen LogP contribution < -0.4 is 5.32 Å². The summed E-state index contributed by atoms with van der Waals surface area (Å²) in [7, 11) is 0. The number of carbonyl (C=O) groups is 2. The van der Waals surface area contributed by atoms with Crippen LogP contribution in [0.4, 0.5) is 0 Å². The zero-order chi connectivity index (χ0) is 20.6. The molecule has 0 spiro atoms. The first-order chi connectivity index (χ1) is 14.0. The van der Waals surface area contributed by atoms with E-state index in [1.165, 1.54) is 29.1 Å². The van der Waals surface area contributed by atoms with E-state index >= 15 is 0 Å². The summed E-state index contributed by atoms with van der Waals surface area (Å²) in [6.07, 6.45) is -0.00225. The van der Waals surface area contributed by atoms with Gasteiger partial charge in [0.15, 0.2) is 0 Å². The summed E-state index contributed by atoms with van der Waals surface area (Å²) in [6.45, 7) is 3.56. The number of hydrogen-bond donors (Lipinski definition) is 2. The van der Waals surface area contributed by atoms with Gasteiger partial charge in [0, 0.05) is 37.0 Å².